The van der Waals surface area contributed by atoms with E-state index < -0.39 is 6.17 Å². The molecule has 2 aromatic rings. The molecule has 1 aliphatic heterocycles. The van der Waals surface area contributed by atoms with Crippen LogP contribution in [0.25, 0.3) is 0 Å². The summed E-state index contributed by atoms with van der Waals surface area (Å²) in [4.78, 5) is 29.2. The Balaban J connectivity index is 1.47. The van der Waals surface area contributed by atoms with Crippen LogP contribution in [0.15, 0.2) is 36.9 Å². The highest BCUT2D eigenvalue weighted by Crippen LogP contribution is 2.33. The molecule has 0 spiro atoms. The maximum atomic E-state index is 14.1. The smallest absolute Gasteiger partial charge is 0.231 e. The maximum Gasteiger partial charge on any atom is 0.231 e. The van der Waals surface area contributed by atoms with Gasteiger partial charge in [0.25, 0.3) is 0 Å². The van der Waals surface area contributed by atoms with Gasteiger partial charge in [0.2, 0.25) is 5.91 Å². The zero-order chi connectivity index (χ0) is 18.1. The van der Waals surface area contributed by atoms with E-state index in [-0.39, 0.29) is 17.9 Å². The van der Waals surface area contributed by atoms with Crippen LogP contribution in [0.1, 0.15) is 30.0 Å². The number of amides is 1. The summed E-state index contributed by atoms with van der Waals surface area (Å²) in [6.07, 6.45) is 6.03. The SMILES string of the molecule is CN(C[C@@H]1C[C@H](F)CN1c1ccncn1)C(=O)C1CCc2cccnc21. The Morgan fingerprint density at radius 3 is 3.04 bits per heavy atom. The maximum absolute atomic E-state index is 14.1. The summed E-state index contributed by atoms with van der Waals surface area (Å²) < 4.78 is 14.1. The number of alkyl halides is 1. The molecule has 136 valence electrons. The molecule has 3 heterocycles. The molecule has 1 aliphatic carbocycles. The van der Waals surface area contributed by atoms with Gasteiger partial charge in [0.1, 0.15) is 18.3 Å². The Bertz CT molecular complexity index is 787. The van der Waals surface area contributed by atoms with E-state index >= 15 is 0 Å². The molecule has 0 radical (unpaired) electrons. The van der Waals surface area contributed by atoms with Crippen molar-refractivity contribution < 1.29 is 9.18 Å². The van der Waals surface area contributed by atoms with Crippen LogP contribution in [0.5, 0.6) is 0 Å². The third-order valence-corrected chi connectivity index (χ3v) is 5.34. The monoisotopic (exact) mass is 355 g/mol. The number of likely N-dealkylation sites (N-methyl/N-ethyl adjacent to an activating group) is 1. The molecule has 0 saturated carbocycles. The fraction of sp³-hybridized carbons (Fsp3) is 0.474. The third-order valence-electron chi connectivity index (χ3n) is 5.34. The summed E-state index contributed by atoms with van der Waals surface area (Å²) in [6, 6.07) is 5.65. The highest BCUT2D eigenvalue weighted by atomic mass is 19.1. The molecule has 2 aromatic heterocycles. The molecule has 0 bridgehead atoms. The molecule has 4 rings (SSSR count). The van der Waals surface area contributed by atoms with Crippen molar-refractivity contribution in [1.29, 1.82) is 0 Å². The summed E-state index contributed by atoms with van der Waals surface area (Å²) in [5, 5.41) is 0. The van der Waals surface area contributed by atoms with Gasteiger partial charge in [-0.1, -0.05) is 6.07 Å². The average molecular weight is 355 g/mol. The van der Waals surface area contributed by atoms with Gasteiger partial charge in [-0.15, -0.1) is 0 Å². The number of carbonyl (C=O) groups is 1. The van der Waals surface area contributed by atoms with Crippen molar-refractivity contribution in [3.63, 3.8) is 0 Å². The molecule has 0 aromatic carbocycles. The van der Waals surface area contributed by atoms with Crippen molar-refractivity contribution >= 4 is 11.7 Å². The number of aryl methyl sites for hydroxylation is 1. The van der Waals surface area contributed by atoms with Crippen molar-refractivity contribution in [1.82, 2.24) is 19.9 Å². The quantitative estimate of drug-likeness (QED) is 0.839. The van der Waals surface area contributed by atoms with Crippen LogP contribution < -0.4 is 4.90 Å². The molecule has 7 heteroatoms. The Labute approximate surface area is 152 Å². The van der Waals surface area contributed by atoms with Gasteiger partial charge in [-0.3, -0.25) is 9.78 Å². The Kier molecular flexibility index (Phi) is 4.53. The van der Waals surface area contributed by atoms with E-state index in [9.17, 15) is 9.18 Å². The number of nitrogens with zero attached hydrogens (tertiary/aromatic N) is 5. The van der Waals surface area contributed by atoms with Crippen LogP contribution in [-0.2, 0) is 11.2 Å². The second kappa shape index (κ2) is 6.97. The summed E-state index contributed by atoms with van der Waals surface area (Å²) in [7, 11) is 1.80. The molecule has 0 N–H and O–H groups in total. The van der Waals surface area contributed by atoms with Crippen LogP contribution in [0, 0.1) is 0 Å². The number of anilines is 1. The standard InChI is InChI=1S/C19H22FN5O/c1-24(19(26)16-5-4-13-3-2-7-22-18(13)16)11-15-9-14(20)10-25(15)17-6-8-21-12-23-17/h2-3,6-8,12,14-16H,4-5,9-11H2,1H3/t14-,15-,16?/m0/s1. The third kappa shape index (κ3) is 3.13. The van der Waals surface area contributed by atoms with Crippen LogP contribution in [0.2, 0.25) is 0 Å². The summed E-state index contributed by atoms with van der Waals surface area (Å²) in [5.74, 6) is 0.581. The van der Waals surface area contributed by atoms with Crippen molar-refractivity contribution in [3.05, 3.63) is 48.2 Å². The van der Waals surface area contributed by atoms with E-state index in [0.29, 0.717) is 25.3 Å². The van der Waals surface area contributed by atoms with E-state index in [0.717, 1.165) is 24.1 Å². The predicted molar refractivity (Wildman–Crippen MR) is 95.6 cm³/mol. The van der Waals surface area contributed by atoms with E-state index in [1.165, 1.54) is 6.33 Å². The van der Waals surface area contributed by atoms with Crippen molar-refractivity contribution in [2.75, 3.05) is 25.0 Å². The topological polar surface area (TPSA) is 62.2 Å². The van der Waals surface area contributed by atoms with Crippen molar-refractivity contribution in [3.8, 4) is 0 Å². The van der Waals surface area contributed by atoms with E-state index in [2.05, 4.69) is 15.0 Å². The summed E-state index contributed by atoms with van der Waals surface area (Å²) in [5.41, 5.74) is 2.05. The number of carbonyl (C=O) groups excluding carboxylic acids is 1. The molecule has 6 nitrogen and oxygen atoms in total. The van der Waals surface area contributed by atoms with Gasteiger partial charge < -0.3 is 9.80 Å². The highest BCUT2D eigenvalue weighted by Gasteiger charge is 2.37. The van der Waals surface area contributed by atoms with Crippen LogP contribution in [0.3, 0.4) is 0 Å². The number of hydrogen-bond donors (Lipinski definition) is 0. The van der Waals surface area contributed by atoms with Crippen LogP contribution >= 0.6 is 0 Å². The van der Waals surface area contributed by atoms with Gasteiger partial charge in [0.15, 0.2) is 0 Å². The molecule has 26 heavy (non-hydrogen) atoms. The van der Waals surface area contributed by atoms with Crippen LogP contribution in [-0.4, -0.2) is 58.1 Å². The Morgan fingerprint density at radius 1 is 1.35 bits per heavy atom. The molecule has 2 aliphatic rings. The van der Waals surface area contributed by atoms with Gasteiger partial charge in [0.05, 0.1) is 24.2 Å². The Morgan fingerprint density at radius 2 is 2.23 bits per heavy atom. The lowest BCUT2D eigenvalue weighted by Gasteiger charge is -2.30. The molecule has 1 fully saturated rings. The second-order valence-corrected chi connectivity index (χ2v) is 7.06. The number of aromatic nitrogens is 3. The van der Waals surface area contributed by atoms with Gasteiger partial charge >= 0.3 is 0 Å². The van der Waals surface area contributed by atoms with Gasteiger partial charge in [-0.25, -0.2) is 14.4 Å². The first-order valence-corrected chi connectivity index (χ1v) is 8.99. The van der Waals surface area contributed by atoms with Crippen molar-refractivity contribution in [2.45, 2.75) is 37.4 Å². The first-order valence-electron chi connectivity index (χ1n) is 8.99. The number of rotatable bonds is 4. The molecular weight excluding hydrogens is 333 g/mol. The zero-order valence-corrected chi connectivity index (χ0v) is 14.8. The van der Waals surface area contributed by atoms with E-state index in [1.54, 1.807) is 30.4 Å². The molecule has 1 saturated heterocycles. The molecule has 1 amide bonds. The lowest BCUT2D eigenvalue weighted by molar-refractivity contribution is -0.131. The fourth-order valence-electron chi connectivity index (χ4n) is 4.09. The fourth-order valence-corrected chi connectivity index (χ4v) is 4.09. The zero-order valence-electron chi connectivity index (χ0n) is 14.8. The number of hydrogen-bond acceptors (Lipinski definition) is 5. The Hall–Kier alpha value is -2.57. The number of fused-ring (bicyclic) bond motifs is 1. The minimum Gasteiger partial charge on any atom is -0.349 e. The second-order valence-electron chi connectivity index (χ2n) is 7.06. The average Bonchev–Trinajstić information content (AvgIpc) is 3.25. The largest absolute Gasteiger partial charge is 0.349 e. The van der Waals surface area contributed by atoms with Gasteiger partial charge in [0, 0.05) is 32.4 Å². The minimum absolute atomic E-state index is 0.0624. The first kappa shape index (κ1) is 16.9. The normalized spacial score (nSPS) is 24.5. The molecule has 3 atom stereocenters. The number of pyridine rings is 1. The minimum atomic E-state index is -0.910. The van der Waals surface area contributed by atoms with E-state index in [1.807, 2.05) is 17.0 Å². The van der Waals surface area contributed by atoms with Crippen LogP contribution in [0.4, 0.5) is 10.2 Å². The van der Waals surface area contributed by atoms with Gasteiger partial charge in [-0.05, 0) is 30.5 Å². The summed E-state index contributed by atoms with van der Waals surface area (Å²) >= 11 is 0. The first-order chi connectivity index (χ1) is 12.6. The molecular formula is C19H22FN5O. The lowest BCUT2D eigenvalue weighted by atomic mass is 10.0. The lowest BCUT2D eigenvalue weighted by Crippen LogP contribution is -2.43. The van der Waals surface area contributed by atoms with Crippen molar-refractivity contribution in [2.24, 2.45) is 0 Å². The van der Waals surface area contributed by atoms with Gasteiger partial charge in [-0.2, -0.15) is 0 Å². The molecule has 1 unspecified atom stereocenters. The summed E-state index contributed by atoms with van der Waals surface area (Å²) in [6.45, 7) is 0.777. The number of halogens is 1. The van der Waals surface area contributed by atoms with E-state index in [4.69, 9.17) is 0 Å². The predicted octanol–water partition coefficient (Wildman–Crippen LogP) is 1.98. The highest BCUT2D eigenvalue weighted by molar-refractivity contribution is 5.84.